The van der Waals surface area contributed by atoms with Crippen molar-refractivity contribution in [2.24, 2.45) is 0 Å². The van der Waals surface area contributed by atoms with Gasteiger partial charge in [-0.05, 0) is 37.5 Å². The first-order chi connectivity index (χ1) is 15.7. The lowest BCUT2D eigenvalue weighted by Crippen LogP contribution is -2.49. The van der Waals surface area contributed by atoms with Gasteiger partial charge in [0.25, 0.3) is 21.6 Å². The normalized spacial score (nSPS) is 16.2. The Labute approximate surface area is 192 Å². The fourth-order valence-corrected chi connectivity index (χ4v) is 4.82. The second kappa shape index (κ2) is 10.4. The zero-order valence-corrected chi connectivity index (χ0v) is 19.0. The summed E-state index contributed by atoms with van der Waals surface area (Å²) in [5, 5.41) is 13.9. The van der Waals surface area contributed by atoms with Gasteiger partial charge in [-0.2, -0.15) is 0 Å². The summed E-state index contributed by atoms with van der Waals surface area (Å²) in [4.78, 5) is 36.8. The summed E-state index contributed by atoms with van der Waals surface area (Å²) in [6.07, 6.45) is 2.64. The number of hydrogen-bond donors (Lipinski definition) is 2. The molecular formula is C22H26N4O6S. The first-order valence-corrected chi connectivity index (χ1v) is 12.1. The average Bonchev–Trinajstić information content (AvgIpc) is 2.79. The number of nitrogens with one attached hydrogen (secondary N) is 2. The highest BCUT2D eigenvalue weighted by Gasteiger charge is 2.28. The predicted molar refractivity (Wildman–Crippen MR) is 122 cm³/mol. The molecule has 2 aromatic rings. The molecule has 2 aromatic carbocycles. The Hall–Kier alpha value is -3.47. The molecule has 33 heavy (non-hydrogen) atoms. The quantitative estimate of drug-likeness (QED) is 0.445. The lowest BCUT2D eigenvalue weighted by Gasteiger charge is -2.33. The van der Waals surface area contributed by atoms with E-state index in [1.807, 2.05) is 6.92 Å². The lowest BCUT2D eigenvalue weighted by molar-refractivity contribution is -0.385. The van der Waals surface area contributed by atoms with Crippen molar-refractivity contribution in [3.05, 3.63) is 64.2 Å². The topological polar surface area (TPSA) is 139 Å². The van der Waals surface area contributed by atoms with Gasteiger partial charge in [-0.15, -0.1) is 0 Å². The standard InChI is InChI=1S/C22H26N4O6S/c1-2-7-21(27)23-16-8-6-13-25(15-16)22(28)19-11-3-4-12-20(19)24-33(31,32)18-10-5-9-17(14-18)26(29)30/h3-5,9-12,14,16,24H,2,6-8,13,15H2,1H3,(H,23,27). The van der Waals surface area contributed by atoms with Crippen molar-refractivity contribution in [2.45, 2.75) is 43.5 Å². The lowest BCUT2D eigenvalue weighted by atomic mass is 10.0. The van der Waals surface area contributed by atoms with Crippen LogP contribution in [-0.4, -0.2) is 49.2 Å². The molecule has 1 saturated heterocycles. The van der Waals surface area contributed by atoms with Crippen LogP contribution in [-0.2, 0) is 14.8 Å². The molecule has 2 amide bonds. The molecule has 1 aliphatic heterocycles. The molecule has 0 saturated carbocycles. The summed E-state index contributed by atoms with van der Waals surface area (Å²) in [5.74, 6) is -0.413. The van der Waals surface area contributed by atoms with Crippen molar-refractivity contribution >= 4 is 33.2 Å². The van der Waals surface area contributed by atoms with Crippen LogP contribution in [0.1, 0.15) is 43.0 Å². The Balaban J connectivity index is 1.80. The van der Waals surface area contributed by atoms with Crippen LogP contribution in [0.3, 0.4) is 0 Å². The summed E-state index contributed by atoms with van der Waals surface area (Å²) in [5.41, 5.74) is -0.120. The van der Waals surface area contributed by atoms with Gasteiger partial charge in [-0.1, -0.05) is 25.1 Å². The zero-order valence-electron chi connectivity index (χ0n) is 18.2. The summed E-state index contributed by atoms with van der Waals surface area (Å²) >= 11 is 0. The van der Waals surface area contributed by atoms with Crippen LogP contribution in [0.15, 0.2) is 53.4 Å². The van der Waals surface area contributed by atoms with Gasteiger partial charge in [0.1, 0.15) is 0 Å². The van der Waals surface area contributed by atoms with Crippen LogP contribution in [0, 0.1) is 10.1 Å². The fourth-order valence-electron chi connectivity index (χ4n) is 3.70. The molecule has 11 heteroatoms. The number of nitro groups is 1. The molecule has 1 heterocycles. The molecule has 0 aliphatic carbocycles. The highest BCUT2D eigenvalue weighted by atomic mass is 32.2. The molecule has 1 atom stereocenters. The molecule has 3 rings (SSSR count). The first-order valence-electron chi connectivity index (χ1n) is 10.7. The van der Waals surface area contributed by atoms with E-state index in [2.05, 4.69) is 10.0 Å². The van der Waals surface area contributed by atoms with Crippen LogP contribution in [0.2, 0.25) is 0 Å². The van der Waals surface area contributed by atoms with E-state index in [0.29, 0.717) is 25.9 Å². The molecule has 2 N–H and O–H groups in total. The Morgan fingerprint density at radius 2 is 1.94 bits per heavy atom. The molecule has 0 radical (unpaired) electrons. The number of nitrogens with zero attached hydrogens (tertiary/aromatic N) is 2. The van der Waals surface area contributed by atoms with Crippen molar-refractivity contribution in [3.63, 3.8) is 0 Å². The Bertz CT molecular complexity index is 1150. The van der Waals surface area contributed by atoms with Gasteiger partial charge < -0.3 is 10.2 Å². The third kappa shape index (κ3) is 6.07. The number of non-ortho nitro benzene ring substituents is 1. The minimum Gasteiger partial charge on any atom is -0.352 e. The Morgan fingerprint density at radius 3 is 2.67 bits per heavy atom. The molecule has 1 unspecified atom stereocenters. The minimum absolute atomic E-state index is 0.0538. The maximum Gasteiger partial charge on any atom is 0.270 e. The molecule has 1 aliphatic rings. The number of sulfonamides is 1. The number of likely N-dealkylation sites (tertiary alicyclic amines) is 1. The van der Waals surface area contributed by atoms with E-state index in [9.17, 15) is 28.1 Å². The third-order valence-corrected chi connectivity index (χ3v) is 6.65. The third-order valence-electron chi connectivity index (χ3n) is 5.29. The summed E-state index contributed by atoms with van der Waals surface area (Å²) in [7, 11) is -4.17. The second-order valence-electron chi connectivity index (χ2n) is 7.81. The van der Waals surface area contributed by atoms with Crippen LogP contribution in [0.25, 0.3) is 0 Å². The Kier molecular flexibility index (Phi) is 7.64. The largest absolute Gasteiger partial charge is 0.352 e. The summed E-state index contributed by atoms with van der Waals surface area (Å²) in [6, 6.07) is 10.7. The van der Waals surface area contributed by atoms with Crippen molar-refractivity contribution in [1.29, 1.82) is 0 Å². The van der Waals surface area contributed by atoms with Crippen molar-refractivity contribution in [2.75, 3.05) is 17.8 Å². The molecule has 0 spiro atoms. The van der Waals surface area contributed by atoms with Gasteiger partial charge >= 0.3 is 0 Å². The molecule has 176 valence electrons. The van der Waals surface area contributed by atoms with Gasteiger partial charge in [0.15, 0.2) is 0 Å². The van der Waals surface area contributed by atoms with Gasteiger partial charge in [-0.25, -0.2) is 8.42 Å². The van der Waals surface area contributed by atoms with Crippen LogP contribution >= 0.6 is 0 Å². The van der Waals surface area contributed by atoms with E-state index >= 15 is 0 Å². The van der Waals surface area contributed by atoms with Crippen LogP contribution in [0.4, 0.5) is 11.4 Å². The molecule has 10 nitrogen and oxygen atoms in total. The van der Waals surface area contributed by atoms with Crippen LogP contribution in [0.5, 0.6) is 0 Å². The summed E-state index contributed by atoms with van der Waals surface area (Å²) < 4.78 is 28.1. The Morgan fingerprint density at radius 1 is 1.18 bits per heavy atom. The van der Waals surface area contributed by atoms with E-state index < -0.39 is 14.9 Å². The number of carbonyl (C=O) groups excluding carboxylic acids is 2. The molecule has 0 aromatic heterocycles. The van der Waals surface area contributed by atoms with Crippen molar-refractivity contribution in [3.8, 4) is 0 Å². The number of para-hydroxylation sites is 1. The van der Waals surface area contributed by atoms with E-state index in [0.717, 1.165) is 18.9 Å². The number of nitro benzene ring substituents is 1. The molecular weight excluding hydrogens is 448 g/mol. The highest BCUT2D eigenvalue weighted by Crippen LogP contribution is 2.25. The van der Waals surface area contributed by atoms with Gasteiger partial charge in [0, 0.05) is 37.7 Å². The van der Waals surface area contributed by atoms with E-state index in [-0.39, 0.29) is 39.7 Å². The number of benzene rings is 2. The van der Waals surface area contributed by atoms with Crippen LogP contribution < -0.4 is 10.0 Å². The minimum atomic E-state index is -4.17. The number of hydrogen-bond acceptors (Lipinski definition) is 6. The fraction of sp³-hybridized carbons (Fsp3) is 0.364. The maximum absolute atomic E-state index is 13.2. The monoisotopic (exact) mass is 474 g/mol. The van der Waals surface area contributed by atoms with E-state index in [1.54, 1.807) is 17.0 Å². The molecule has 1 fully saturated rings. The predicted octanol–water partition coefficient (Wildman–Crippen LogP) is 2.92. The van der Waals surface area contributed by atoms with Gasteiger partial charge in [-0.3, -0.25) is 24.4 Å². The van der Waals surface area contributed by atoms with E-state index in [1.165, 1.54) is 30.3 Å². The second-order valence-corrected chi connectivity index (χ2v) is 9.50. The highest BCUT2D eigenvalue weighted by molar-refractivity contribution is 7.92. The maximum atomic E-state index is 13.2. The SMILES string of the molecule is CCCC(=O)NC1CCCN(C(=O)c2ccccc2NS(=O)(=O)c2cccc([N+](=O)[O-])c2)C1. The van der Waals surface area contributed by atoms with E-state index in [4.69, 9.17) is 0 Å². The number of amides is 2. The van der Waals surface area contributed by atoms with Crippen molar-refractivity contribution in [1.82, 2.24) is 10.2 Å². The van der Waals surface area contributed by atoms with Gasteiger partial charge in [0.05, 0.1) is 21.1 Å². The van der Waals surface area contributed by atoms with Gasteiger partial charge in [0.2, 0.25) is 5.91 Å². The smallest absolute Gasteiger partial charge is 0.270 e. The zero-order chi connectivity index (χ0) is 24.0. The summed E-state index contributed by atoms with van der Waals surface area (Å²) in [6.45, 7) is 2.74. The number of carbonyl (C=O) groups is 2. The average molecular weight is 475 g/mol. The first kappa shape index (κ1) is 24.2. The number of piperidine rings is 1. The number of anilines is 1. The number of rotatable bonds is 8. The molecule has 0 bridgehead atoms. The van der Waals surface area contributed by atoms with Crippen molar-refractivity contribution < 1.29 is 22.9 Å².